The minimum atomic E-state index is -3.72. The highest BCUT2D eigenvalue weighted by atomic mass is 31.2. The summed E-state index contributed by atoms with van der Waals surface area (Å²) in [5, 5.41) is 0. The second-order valence-corrected chi connectivity index (χ2v) is 6.07. The van der Waals surface area contributed by atoms with E-state index in [0.717, 1.165) is 0 Å². The molecular weight excluding hydrogens is 275 g/mol. The van der Waals surface area contributed by atoms with E-state index in [1.54, 1.807) is 13.8 Å². The van der Waals surface area contributed by atoms with Crippen LogP contribution in [0.5, 0.6) is 0 Å². The molecule has 108 valence electrons. The monoisotopic (exact) mass is 293 g/mol. The summed E-state index contributed by atoms with van der Waals surface area (Å²) >= 11 is 0. The normalized spacial score (nSPS) is 13.6. The Labute approximate surface area is 111 Å². The van der Waals surface area contributed by atoms with Gasteiger partial charge in [0.15, 0.2) is 11.6 Å². The predicted molar refractivity (Wildman–Crippen MR) is 68.9 cm³/mol. The molecule has 0 spiro atoms. The average Bonchev–Trinajstić information content (AvgIpc) is 2.36. The molecule has 19 heavy (non-hydrogen) atoms. The molecule has 1 aromatic rings. The van der Waals surface area contributed by atoms with Gasteiger partial charge in [-0.05, 0) is 26.3 Å². The van der Waals surface area contributed by atoms with Crippen LogP contribution in [0.25, 0.3) is 0 Å². The lowest BCUT2D eigenvalue weighted by atomic mass is 10.1. The maximum atomic E-state index is 13.8. The van der Waals surface area contributed by atoms with E-state index in [-0.39, 0.29) is 24.3 Å². The van der Waals surface area contributed by atoms with E-state index in [1.165, 1.54) is 19.1 Å². The fourth-order valence-electron chi connectivity index (χ4n) is 1.62. The Morgan fingerprint density at radius 3 is 2.21 bits per heavy atom. The summed E-state index contributed by atoms with van der Waals surface area (Å²) in [6, 6.07) is 2.67. The Bertz CT molecular complexity index is 486. The van der Waals surface area contributed by atoms with E-state index in [9.17, 15) is 13.3 Å². The fourth-order valence-corrected chi connectivity index (χ4v) is 3.27. The Morgan fingerprint density at radius 1 is 1.21 bits per heavy atom. The van der Waals surface area contributed by atoms with Gasteiger partial charge < -0.3 is 14.8 Å². The van der Waals surface area contributed by atoms with Crippen LogP contribution in [0.2, 0.25) is 0 Å². The molecule has 0 aromatic heterocycles. The van der Waals surface area contributed by atoms with E-state index >= 15 is 0 Å². The molecule has 2 N–H and O–H groups in total. The van der Waals surface area contributed by atoms with Crippen molar-refractivity contribution >= 4 is 7.60 Å². The van der Waals surface area contributed by atoms with Gasteiger partial charge in [0.05, 0.1) is 13.2 Å². The van der Waals surface area contributed by atoms with Gasteiger partial charge in [-0.3, -0.25) is 4.57 Å². The Hall–Kier alpha value is -0.810. The first-order valence-electron chi connectivity index (χ1n) is 5.96. The lowest BCUT2D eigenvalue weighted by Gasteiger charge is -2.24. The lowest BCUT2D eigenvalue weighted by Crippen LogP contribution is -2.17. The number of halogens is 2. The van der Waals surface area contributed by atoms with E-state index in [1.807, 2.05) is 0 Å². The molecule has 4 nitrogen and oxygen atoms in total. The third kappa shape index (κ3) is 3.39. The van der Waals surface area contributed by atoms with Crippen molar-refractivity contribution in [3.63, 3.8) is 0 Å². The van der Waals surface area contributed by atoms with Crippen LogP contribution in [0, 0.1) is 18.6 Å². The van der Waals surface area contributed by atoms with Gasteiger partial charge in [-0.2, -0.15) is 0 Å². The predicted octanol–water partition coefficient (Wildman–Crippen LogP) is 3.50. The van der Waals surface area contributed by atoms with Crippen molar-refractivity contribution in [1.82, 2.24) is 0 Å². The summed E-state index contributed by atoms with van der Waals surface area (Å²) in [6.07, 6.45) is 0. The van der Waals surface area contributed by atoms with Crippen LogP contribution in [0.1, 0.15) is 30.8 Å². The Morgan fingerprint density at radius 2 is 1.74 bits per heavy atom. The second kappa shape index (κ2) is 6.57. The van der Waals surface area contributed by atoms with Crippen LogP contribution in [-0.2, 0) is 13.6 Å². The molecule has 0 unspecified atom stereocenters. The average molecular weight is 293 g/mol. The molecule has 0 saturated carbocycles. The summed E-state index contributed by atoms with van der Waals surface area (Å²) in [5.41, 5.74) is 5.68. The van der Waals surface area contributed by atoms with Gasteiger partial charge in [0.1, 0.15) is 5.78 Å². The molecule has 0 aliphatic heterocycles. The van der Waals surface area contributed by atoms with E-state index in [2.05, 4.69) is 0 Å². The quantitative estimate of drug-likeness (QED) is 0.815. The van der Waals surface area contributed by atoms with Gasteiger partial charge in [-0.15, -0.1) is 0 Å². The topological polar surface area (TPSA) is 61.5 Å². The molecular formula is C12H18F2NO3P. The Kier molecular flexibility index (Phi) is 5.62. The molecule has 7 heteroatoms. The van der Waals surface area contributed by atoms with Gasteiger partial charge in [0.25, 0.3) is 0 Å². The Balaban J connectivity index is 3.21. The first-order valence-corrected chi connectivity index (χ1v) is 7.57. The highest BCUT2D eigenvalue weighted by Crippen LogP contribution is 2.58. The molecule has 0 aliphatic carbocycles. The third-order valence-corrected chi connectivity index (χ3v) is 4.78. The molecule has 1 aromatic carbocycles. The van der Waals surface area contributed by atoms with Gasteiger partial charge in [-0.1, -0.05) is 12.1 Å². The van der Waals surface area contributed by atoms with E-state index in [0.29, 0.717) is 0 Å². The first-order chi connectivity index (χ1) is 8.87. The summed E-state index contributed by atoms with van der Waals surface area (Å²) < 4.78 is 49.8. The number of hydrogen-bond donors (Lipinski definition) is 1. The second-order valence-electron chi connectivity index (χ2n) is 3.92. The summed E-state index contributed by atoms with van der Waals surface area (Å²) in [5.74, 6) is -3.48. The van der Waals surface area contributed by atoms with Crippen LogP contribution >= 0.6 is 7.60 Å². The largest absolute Gasteiger partial charge is 0.351 e. The maximum Gasteiger partial charge on any atom is 0.351 e. The molecule has 1 atom stereocenters. The number of hydrogen-bond acceptors (Lipinski definition) is 4. The molecule has 0 fully saturated rings. The van der Waals surface area contributed by atoms with Crippen LogP contribution in [0.15, 0.2) is 12.1 Å². The van der Waals surface area contributed by atoms with Crippen molar-refractivity contribution in [1.29, 1.82) is 0 Å². The lowest BCUT2D eigenvalue weighted by molar-refractivity contribution is 0.211. The van der Waals surface area contributed by atoms with Crippen molar-refractivity contribution < 1.29 is 22.4 Å². The van der Waals surface area contributed by atoms with Crippen LogP contribution in [-0.4, -0.2) is 13.2 Å². The number of rotatable bonds is 6. The molecule has 0 radical (unpaired) electrons. The molecule has 0 saturated heterocycles. The maximum absolute atomic E-state index is 13.8. The first kappa shape index (κ1) is 16.2. The number of benzene rings is 1. The highest BCUT2D eigenvalue weighted by Gasteiger charge is 2.36. The molecule has 0 amide bonds. The fraction of sp³-hybridized carbons (Fsp3) is 0.500. The standard InChI is InChI=1S/C12H18F2NO3P/c1-4-17-19(16,18-5-2)12(15)9-7-6-8(3)10(13)11(9)14/h6-7,12H,4-5,15H2,1-3H3/t12-/m1/s1. The zero-order valence-electron chi connectivity index (χ0n) is 11.2. The zero-order valence-corrected chi connectivity index (χ0v) is 12.0. The smallest absolute Gasteiger partial charge is 0.314 e. The number of nitrogens with two attached hydrogens (primary N) is 1. The highest BCUT2D eigenvalue weighted by molar-refractivity contribution is 7.54. The minimum absolute atomic E-state index is 0.0982. The van der Waals surface area contributed by atoms with Crippen LogP contribution < -0.4 is 5.73 Å². The minimum Gasteiger partial charge on any atom is -0.314 e. The molecule has 0 heterocycles. The van der Waals surface area contributed by atoms with Crippen molar-refractivity contribution in [2.45, 2.75) is 26.6 Å². The van der Waals surface area contributed by atoms with Crippen molar-refractivity contribution in [3.05, 3.63) is 34.9 Å². The van der Waals surface area contributed by atoms with Crippen molar-refractivity contribution in [3.8, 4) is 0 Å². The SMILES string of the molecule is CCOP(=O)(OCC)[C@@H](N)c1ccc(C)c(F)c1F. The van der Waals surface area contributed by atoms with Gasteiger partial charge in [-0.25, -0.2) is 8.78 Å². The van der Waals surface area contributed by atoms with Crippen LogP contribution in [0.3, 0.4) is 0 Å². The van der Waals surface area contributed by atoms with Crippen molar-refractivity contribution in [2.24, 2.45) is 5.73 Å². The van der Waals surface area contributed by atoms with E-state index < -0.39 is 25.0 Å². The van der Waals surface area contributed by atoms with Crippen LogP contribution in [0.4, 0.5) is 8.78 Å². The zero-order chi connectivity index (χ0) is 14.6. The van der Waals surface area contributed by atoms with Gasteiger partial charge in [0.2, 0.25) is 0 Å². The van der Waals surface area contributed by atoms with Crippen molar-refractivity contribution in [2.75, 3.05) is 13.2 Å². The summed E-state index contributed by atoms with van der Waals surface area (Å²) in [6.45, 7) is 4.86. The molecule has 0 bridgehead atoms. The van der Waals surface area contributed by atoms with Gasteiger partial charge >= 0.3 is 7.60 Å². The van der Waals surface area contributed by atoms with E-state index in [4.69, 9.17) is 14.8 Å². The molecule has 1 rings (SSSR count). The molecule has 0 aliphatic rings. The van der Waals surface area contributed by atoms with Gasteiger partial charge in [0, 0.05) is 5.56 Å². The summed E-state index contributed by atoms with van der Waals surface area (Å²) in [7, 11) is -3.72. The number of aryl methyl sites for hydroxylation is 1. The third-order valence-electron chi connectivity index (χ3n) is 2.58. The summed E-state index contributed by atoms with van der Waals surface area (Å²) in [4.78, 5) is 0.